The molecule has 3 aromatic rings. The van der Waals surface area contributed by atoms with Gasteiger partial charge in [-0.15, -0.1) is 12.8 Å². The highest BCUT2D eigenvalue weighted by Crippen LogP contribution is 2.33. The van der Waals surface area contributed by atoms with Crippen molar-refractivity contribution in [1.29, 1.82) is 0 Å². The van der Waals surface area contributed by atoms with Gasteiger partial charge in [0.15, 0.2) is 0 Å². The minimum absolute atomic E-state index is 0.109. The summed E-state index contributed by atoms with van der Waals surface area (Å²) in [4.78, 5) is 32.0. The van der Waals surface area contributed by atoms with Crippen molar-refractivity contribution >= 4 is 27.9 Å². The van der Waals surface area contributed by atoms with Crippen molar-refractivity contribution in [3.63, 3.8) is 0 Å². The Morgan fingerprint density at radius 3 is 2.97 bits per heavy atom. The van der Waals surface area contributed by atoms with Gasteiger partial charge < -0.3 is 10.3 Å². The van der Waals surface area contributed by atoms with Gasteiger partial charge in [-0.25, -0.2) is 4.98 Å². The molecule has 0 radical (unpaired) electrons. The summed E-state index contributed by atoms with van der Waals surface area (Å²) in [5.41, 5.74) is 5.12. The fourth-order valence-electron chi connectivity index (χ4n) is 4.53. The first-order chi connectivity index (χ1) is 17.5. The Hall–Kier alpha value is -3.28. The van der Waals surface area contributed by atoms with E-state index in [-0.39, 0.29) is 11.9 Å². The van der Waals surface area contributed by atoms with E-state index in [1.807, 2.05) is 31.3 Å². The van der Waals surface area contributed by atoms with Crippen LogP contribution in [0.5, 0.6) is 0 Å². The molecule has 3 aromatic heterocycles. The van der Waals surface area contributed by atoms with E-state index in [4.69, 9.17) is 9.97 Å². The number of nitrogens with zero attached hydrogens (tertiary/aromatic N) is 4. The Kier molecular flexibility index (Phi) is 10.4. The van der Waals surface area contributed by atoms with Crippen LogP contribution in [0.3, 0.4) is 0 Å². The lowest BCUT2D eigenvalue weighted by Gasteiger charge is -2.34. The number of rotatable bonds is 9. The molecule has 36 heavy (non-hydrogen) atoms. The standard InChI is InChI=1S/C26H31BrN6O.C2H2/c1-3-7-22-18(2)31-24(32-22)17-33(23-10-4-8-19-9-5-11-29-25(19)23)13-6-12-30-26(34)20-14-21(27)16-28-15-20;1-2/h3,5,7,9,11,14-16,23H,4,6,8,10,12-13,17H2,1-2H3,(H,30,34)(H,31,32);1-2H/b7-3-;. The number of allylic oxidation sites excluding steroid dienone is 1. The molecule has 8 heteroatoms. The van der Waals surface area contributed by atoms with E-state index < -0.39 is 0 Å². The third kappa shape index (κ3) is 7.12. The highest BCUT2D eigenvalue weighted by molar-refractivity contribution is 9.10. The average molecular weight is 550 g/mol. The van der Waals surface area contributed by atoms with Crippen molar-refractivity contribution in [2.24, 2.45) is 0 Å². The highest BCUT2D eigenvalue weighted by Gasteiger charge is 2.27. The molecule has 0 aromatic carbocycles. The van der Waals surface area contributed by atoms with Gasteiger partial charge in [0.25, 0.3) is 5.91 Å². The lowest BCUT2D eigenvalue weighted by atomic mass is 9.90. The quantitative estimate of drug-likeness (QED) is 0.281. The minimum Gasteiger partial charge on any atom is -0.352 e. The Morgan fingerprint density at radius 2 is 2.19 bits per heavy atom. The Balaban J connectivity index is 0.00000176. The van der Waals surface area contributed by atoms with Crippen LogP contribution in [0.2, 0.25) is 0 Å². The van der Waals surface area contributed by atoms with E-state index in [1.54, 1.807) is 18.5 Å². The van der Waals surface area contributed by atoms with Crippen LogP contribution in [0.15, 0.2) is 47.3 Å². The van der Waals surface area contributed by atoms with E-state index in [0.717, 1.165) is 53.9 Å². The number of hydrogen-bond acceptors (Lipinski definition) is 5. The first-order valence-corrected chi connectivity index (χ1v) is 12.9. The fourth-order valence-corrected chi connectivity index (χ4v) is 4.90. The number of aromatic nitrogens is 4. The second-order valence-electron chi connectivity index (χ2n) is 8.62. The number of aryl methyl sites for hydroxylation is 2. The summed E-state index contributed by atoms with van der Waals surface area (Å²) in [7, 11) is 0. The predicted molar refractivity (Wildman–Crippen MR) is 147 cm³/mol. The molecule has 2 N–H and O–H groups in total. The van der Waals surface area contributed by atoms with Gasteiger partial charge in [0, 0.05) is 41.8 Å². The number of H-pyrrole nitrogens is 1. The topological polar surface area (TPSA) is 86.8 Å². The normalized spacial score (nSPS) is 14.8. The Labute approximate surface area is 222 Å². The van der Waals surface area contributed by atoms with Crippen LogP contribution in [-0.2, 0) is 13.0 Å². The molecule has 0 fully saturated rings. The fraction of sp³-hybridized carbons (Fsp3) is 0.357. The monoisotopic (exact) mass is 548 g/mol. The molecular formula is C28H33BrN6O. The van der Waals surface area contributed by atoms with E-state index in [9.17, 15) is 4.79 Å². The van der Waals surface area contributed by atoms with Gasteiger partial charge in [-0.2, -0.15) is 0 Å². The first-order valence-electron chi connectivity index (χ1n) is 12.1. The van der Waals surface area contributed by atoms with Crippen molar-refractivity contribution in [2.75, 3.05) is 13.1 Å². The molecule has 188 valence electrons. The second-order valence-corrected chi connectivity index (χ2v) is 9.54. The predicted octanol–water partition coefficient (Wildman–Crippen LogP) is 5.25. The van der Waals surface area contributed by atoms with Crippen molar-refractivity contribution < 1.29 is 4.79 Å². The zero-order valence-electron chi connectivity index (χ0n) is 20.9. The maximum Gasteiger partial charge on any atom is 0.252 e. The van der Waals surface area contributed by atoms with Gasteiger partial charge in [-0.1, -0.05) is 12.1 Å². The van der Waals surface area contributed by atoms with Crippen LogP contribution in [0.1, 0.15) is 71.1 Å². The number of fused-ring (bicyclic) bond motifs is 1. The van der Waals surface area contributed by atoms with Crippen LogP contribution in [0.25, 0.3) is 6.08 Å². The number of terminal acetylenes is 1. The molecule has 1 amide bonds. The third-order valence-corrected chi connectivity index (χ3v) is 6.56. The maximum absolute atomic E-state index is 12.5. The average Bonchev–Trinajstić information content (AvgIpc) is 3.25. The third-order valence-electron chi connectivity index (χ3n) is 6.13. The number of aromatic amines is 1. The summed E-state index contributed by atoms with van der Waals surface area (Å²) in [6.45, 7) is 6.19. The summed E-state index contributed by atoms with van der Waals surface area (Å²) in [5, 5.41) is 3.02. The minimum atomic E-state index is -0.109. The molecule has 1 aliphatic rings. The zero-order chi connectivity index (χ0) is 25.9. The van der Waals surface area contributed by atoms with E-state index in [0.29, 0.717) is 18.7 Å². The summed E-state index contributed by atoms with van der Waals surface area (Å²) >= 11 is 3.37. The van der Waals surface area contributed by atoms with Gasteiger partial charge in [0.1, 0.15) is 5.82 Å². The SMILES string of the molecule is C#C.C/C=C\c1nc(CN(CCCNC(=O)c2cncc(Br)c2)C2CCCc3cccnc32)[nH]c1C. The molecule has 7 nitrogen and oxygen atoms in total. The number of imidazole rings is 1. The number of nitrogens with one attached hydrogen (secondary N) is 2. The summed E-state index contributed by atoms with van der Waals surface area (Å²) in [6, 6.07) is 6.24. The molecule has 0 saturated carbocycles. The number of amides is 1. The van der Waals surface area contributed by atoms with Crippen molar-refractivity contribution in [2.45, 2.75) is 52.1 Å². The summed E-state index contributed by atoms with van der Waals surface area (Å²) < 4.78 is 0.792. The number of hydrogen-bond donors (Lipinski definition) is 2. The molecule has 1 unspecified atom stereocenters. The molecule has 0 spiro atoms. The number of pyridine rings is 2. The smallest absolute Gasteiger partial charge is 0.252 e. The van der Waals surface area contributed by atoms with Gasteiger partial charge in [-0.3, -0.25) is 19.7 Å². The highest BCUT2D eigenvalue weighted by atomic mass is 79.9. The Bertz CT molecular complexity index is 1200. The van der Waals surface area contributed by atoms with Gasteiger partial charge >= 0.3 is 0 Å². The zero-order valence-corrected chi connectivity index (χ0v) is 22.5. The van der Waals surface area contributed by atoms with Crippen LogP contribution in [0, 0.1) is 19.8 Å². The molecule has 1 aliphatic carbocycles. The lowest BCUT2D eigenvalue weighted by Crippen LogP contribution is -2.35. The Morgan fingerprint density at radius 1 is 1.36 bits per heavy atom. The molecule has 0 saturated heterocycles. The molecule has 1 atom stereocenters. The summed E-state index contributed by atoms with van der Waals surface area (Å²) in [5.74, 6) is 0.848. The van der Waals surface area contributed by atoms with Crippen LogP contribution in [0.4, 0.5) is 0 Å². The maximum atomic E-state index is 12.5. The molecule has 4 rings (SSSR count). The van der Waals surface area contributed by atoms with Crippen LogP contribution < -0.4 is 5.32 Å². The van der Waals surface area contributed by atoms with Crippen LogP contribution in [-0.4, -0.2) is 43.8 Å². The molecular weight excluding hydrogens is 516 g/mol. The number of carbonyl (C=O) groups is 1. The van der Waals surface area contributed by atoms with Gasteiger partial charge in [-0.05, 0) is 79.2 Å². The largest absolute Gasteiger partial charge is 0.352 e. The molecule has 0 bridgehead atoms. The lowest BCUT2D eigenvalue weighted by molar-refractivity contribution is 0.0948. The first kappa shape index (κ1) is 27.3. The molecule has 0 aliphatic heterocycles. The number of halogens is 1. The van der Waals surface area contributed by atoms with Gasteiger partial charge in [0.2, 0.25) is 0 Å². The van der Waals surface area contributed by atoms with Crippen molar-refractivity contribution in [3.8, 4) is 12.8 Å². The second kappa shape index (κ2) is 13.7. The number of carbonyl (C=O) groups excluding carboxylic acids is 1. The van der Waals surface area contributed by atoms with E-state index in [2.05, 4.69) is 62.0 Å². The summed E-state index contributed by atoms with van der Waals surface area (Å²) in [6.07, 6.45) is 21.3. The van der Waals surface area contributed by atoms with Crippen LogP contribution >= 0.6 is 15.9 Å². The van der Waals surface area contributed by atoms with E-state index >= 15 is 0 Å². The molecule has 3 heterocycles. The van der Waals surface area contributed by atoms with E-state index in [1.165, 1.54) is 11.3 Å². The van der Waals surface area contributed by atoms with Crippen molar-refractivity contribution in [3.05, 3.63) is 81.4 Å². The van der Waals surface area contributed by atoms with Gasteiger partial charge in [0.05, 0.1) is 29.5 Å². The van der Waals surface area contributed by atoms with Crippen molar-refractivity contribution in [1.82, 2.24) is 30.2 Å².